The predicted molar refractivity (Wildman–Crippen MR) is 123 cm³/mol. The van der Waals surface area contributed by atoms with E-state index in [0.717, 1.165) is 26.2 Å². The van der Waals surface area contributed by atoms with Gasteiger partial charge in [-0.15, -0.1) is 0 Å². The van der Waals surface area contributed by atoms with Crippen LogP contribution in [-0.2, 0) is 16.8 Å². The Morgan fingerprint density at radius 2 is 1.47 bits per heavy atom. The van der Waals surface area contributed by atoms with E-state index in [1.807, 2.05) is 0 Å². The molecule has 1 unspecified atom stereocenters. The molecule has 0 bridgehead atoms. The predicted octanol–water partition coefficient (Wildman–Crippen LogP) is 5.16. The molecule has 2 aromatic carbocycles. The molecule has 1 saturated heterocycles. The first-order valence-electron chi connectivity index (χ1n) is 11.7. The van der Waals surface area contributed by atoms with Crippen LogP contribution in [0, 0.1) is 11.8 Å². The third kappa shape index (κ3) is 4.62. The Kier molecular flexibility index (Phi) is 6.89. The summed E-state index contributed by atoms with van der Waals surface area (Å²) in [6.07, 6.45) is 7.64. The molecule has 2 aliphatic rings. The minimum absolute atomic E-state index is 0.0578. The lowest BCUT2D eigenvalue weighted by atomic mass is 9.59. The van der Waals surface area contributed by atoms with E-state index in [-0.39, 0.29) is 11.3 Å². The van der Waals surface area contributed by atoms with Gasteiger partial charge in [-0.3, -0.25) is 9.69 Å². The highest BCUT2D eigenvalue weighted by atomic mass is 16.1. The van der Waals surface area contributed by atoms with Crippen LogP contribution in [0.2, 0.25) is 0 Å². The molecule has 3 heteroatoms. The molecule has 0 spiro atoms. The average molecular weight is 405 g/mol. The molecule has 0 radical (unpaired) electrons. The summed E-state index contributed by atoms with van der Waals surface area (Å²) in [5, 5.41) is 3.26. The second kappa shape index (κ2) is 9.78. The van der Waals surface area contributed by atoms with E-state index in [1.165, 1.54) is 49.7 Å². The molecular formula is C27H36N2O. The molecule has 1 aliphatic heterocycles. The summed E-state index contributed by atoms with van der Waals surface area (Å²) in [5.74, 6) is 1.37. The lowest BCUT2D eigenvalue weighted by Gasteiger charge is -2.49. The molecule has 1 N–H and O–H groups in total. The van der Waals surface area contributed by atoms with Gasteiger partial charge in [-0.05, 0) is 61.7 Å². The van der Waals surface area contributed by atoms with Crippen LogP contribution in [0.15, 0.2) is 60.7 Å². The first kappa shape index (κ1) is 21.1. The van der Waals surface area contributed by atoms with Crippen LogP contribution in [0.5, 0.6) is 0 Å². The van der Waals surface area contributed by atoms with Gasteiger partial charge < -0.3 is 5.32 Å². The van der Waals surface area contributed by atoms with E-state index in [2.05, 4.69) is 70.9 Å². The lowest BCUT2D eigenvalue weighted by Crippen LogP contribution is -2.53. The van der Waals surface area contributed by atoms with Gasteiger partial charge in [0, 0.05) is 25.4 Å². The highest BCUT2D eigenvalue weighted by molar-refractivity contribution is 5.73. The maximum Gasteiger partial charge on any atom is 0.216 e. The van der Waals surface area contributed by atoms with Crippen molar-refractivity contribution in [2.45, 2.75) is 57.4 Å². The number of hydrogen-bond donors (Lipinski definition) is 1. The maximum absolute atomic E-state index is 12.0. The Morgan fingerprint density at radius 1 is 0.900 bits per heavy atom. The number of nitrogens with one attached hydrogen (secondary N) is 1. The van der Waals surface area contributed by atoms with Gasteiger partial charge in [-0.25, -0.2) is 0 Å². The summed E-state index contributed by atoms with van der Waals surface area (Å²) in [4.78, 5) is 14.6. The lowest BCUT2D eigenvalue weighted by molar-refractivity contribution is -0.119. The second-order valence-electron chi connectivity index (χ2n) is 9.33. The Balaban J connectivity index is 1.57. The van der Waals surface area contributed by atoms with Gasteiger partial charge in [0.2, 0.25) is 5.91 Å². The molecule has 1 atom stereocenters. The molecular weight excluding hydrogens is 368 g/mol. The van der Waals surface area contributed by atoms with E-state index in [0.29, 0.717) is 11.8 Å². The molecule has 1 amide bonds. The number of carbonyl (C=O) groups excluding carboxylic acids is 1. The van der Waals surface area contributed by atoms with Gasteiger partial charge in [-0.1, -0.05) is 73.5 Å². The van der Waals surface area contributed by atoms with Crippen molar-refractivity contribution in [2.75, 3.05) is 19.6 Å². The van der Waals surface area contributed by atoms with E-state index < -0.39 is 0 Å². The van der Waals surface area contributed by atoms with Crippen molar-refractivity contribution in [3.05, 3.63) is 71.8 Å². The minimum Gasteiger partial charge on any atom is -0.355 e. The summed E-state index contributed by atoms with van der Waals surface area (Å²) < 4.78 is 0. The quantitative estimate of drug-likeness (QED) is 0.691. The fourth-order valence-electron chi connectivity index (χ4n) is 6.10. The normalized spacial score (nSPS) is 20.7. The van der Waals surface area contributed by atoms with Gasteiger partial charge in [0.15, 0.2) is 0 Å². The van der Waals surface area contributed by atoms with Crippen molar-refractivity contribution >= 4 is 5.91 Å². The highest BCUT2D eigenvalue weighted by Gasteiger charge is 2.48. The standard InChI is InChI=1S/C27H36N2O/c1-22(30)28-21-27(25-14-8-9-15-25,24-12-6-3-7-13-24)26-16-18-29(19-17-26)20-23-10-4-2-5-11-23/h2-7,10-13,25-26H,8-9,14-21H2,1H3,(H,28,30). The zero-order valence-electron chi connectivity index (χ0n) is 18.4. The largest absolute Gasteiger partial charge is 0.355 e. The van der Waals surface area contributed by atoms with Crippen molar-refractivity contribution in [2.24, 2.45) is 11.8 Å². The zero-order valence-corrected chi connectivity index (χ0v) is 18.4. The fraction of sp³-hybridized carbons (Fsp3) is 0.519. The smallest absolute Gasteiger partial charge is 0.216 e. The summed E-state index contributed by atoms with van der Waals surface area (Å²) >= 11 is 0. The number of benzene rings is 2. The van der Waals surface area contributed by atoms with Crippen LogP contribution in [0.3, 0.4) is 0 Å². The molecule has 0 aromatic heterocycles. The van der Waals surface area contributed by atoms with E-state index in [1.54, 1.807) is 6.92 Å². The van der Waals surface area contributed by atoms with Crippen molar-refractivity contribution in [3.63, 3.8) is 0 Å². The highest BCUT2D eigenvalue weighted by Crippen LogP contribution is 2.50. The minimum atomic E-state index is 0.0578. The van der Waals surface area contributed by atoms with Crippen LogP contribution in [-0.4, -0.2) is 30.4 Å². The fourth-order valence-corrected chi connectivity index (χ4v) is 6.10. The number of nitrogens with zero attached hydrogens (tertiary/aromatic N) is 1. The number of likely N-dealkylation sites (tertiary alicyclic amines) is 1. The first-order chi connectivity index (χ1) is 14.7. The number of piperidine rings is 1. The monoisotopic (exact) mass is 404 g/mol. The molecule has 2 aromatic rings. The van der Waals surface area contributed by atoms with E-state index in [4.69, 9.17) is 0 Å². The maximum atomic E-state index is 12.0. The molecule has 30 heavy (non-hydrogen) atoms. The Morgan fingerprint density at radius 3 is 2.07 bits per heavy atom. The molecule has 1 heterocycles. The van der Waals surface area contributed by atoms with Gasteiger partial charge in [-0.2, -0.15) is 0 Å². The second-order valence-corrected chi connectivity index (χ2v) is 9.33. The number of carbonyl (C=O) groups is 1. The molecule has 2 fully saturated rings. The Hall–Kier alpha value is -2.13. The van der Waals surface area contributed by atoms with E-state index >= 15 is 0 Å². The SMILES string of the molecule is CC(=O)NCC(c1ccccc1)(C1CCCC1)C1CCN(Cc2ccccc2)CC1. The van der Waals surface area contributed by atoms with Crippen molar-refractivity contribution in [1.82, 2.24) is 10.2 Å². The van der Waals surface area contributed by atoms with Crippen molar-refractivity contribution in [3.8, 4) is 0 Å². The average Bonchev–Trinajstić information content (AvgIpc) is 3.32. The van der Waals surface area contributed by atoms with Gasteiger partial charge in [0.05, 0.1) is 0 Å². The molecule has 4 rings (SSSR count). The molecule has 160 valence electrons. The van der Waals surface area contributed by atoms with Crippen LogP contribution in [0.4, 0.5) is 0 Å². The van der Waals surface area contributed by atoms with Crippen molar-refractivity contribution < 1.29 is 4.79 Å². The Labute approximate surface area is 181 Å². The Bertz CT molecular complexity index is 792. The summed E-state index contributed by atoms with van der Waals surface area (Å²) in [5.41, 5.74) is 2.90. The van der Waals surface area contributed by atoms with Crippen molar-refractivity contribution in [1.29, 1.82) is 0 Å². The summed E-state index contributed by atoms with van der Waals surface area (Å²) in [7, 11) is 0. The van der Waals surface area contributed by atoms with Crippen LogP contribution in [0.1, 0.15) is 56.6 Å². The van der Waals surface area contributed by atoms with Crippen LogP contribution in [0.25, 0.3) is 0 Å². The van der Waals surface area contributed by atoms with E-state index in [9.17, 15) is 4.79 Å². The summed E-state index contributed by atoms with van der Waals surface area (Å²) in [6, 6.07) is 21.9. The number of amides is 1. The number of hydrogen-bond acceptors (Lipinski definition) is 2. The molecule has 3 nitrogen and oxygen atoms in total. The third-order valence-electron chi connectivity index (χ3n) is 7.59. The summed E-state index contributed by atoms with van der Waals surface area (Å²) in [6.45, 7) is 5.76. The van der Waals surface area contributed by atoms with Crippen LogP contribution < -0.4 is 5.32 Å². The number of rotatable bonds is 7. The topological polar surface area (TPSA) is 32.3 Å². The molecule has 1 saturated carbocycles. The zero-order chi connectivity index (χ0) is 20.8. The van der Waals surface area contributed by atoms with Gasteiger partial charge in [0.25, 0.3) is 0 Å². The first-order valence-corrected chi connectivity index (χ1v) is 11.7. The van der Waals surface area contributed by atoms with Gasteiger partial charge >= 0.3 is 0 Å². The van der Waals surface area contributed by atoms with Gasteiger partial charge in [0.1, 0.15) is 0 Å². The van der Waals surface area contributed by atoms with Crippen LogP contribution >= 0.6 is 0 Å². The third-order valence-corrected chi connectivity index (χ3v) is 7.59. The molecule has 1 aliphatic carbocycles.